The van der Waals surface area contributed by atoms with Crippen molar-refractivity contribution in [1.29, 1.82) is 0 Å². The second-order valence-corrected chi connectivity index (χ2v) is 5.41. The van der Waals surface area contributed by atoms with Crippen molar-refractivity contribution in [3.63, 3.8) is 0 Å². The molecule has 96 valence electrons. The summed E-state index contributed by atoms with van der Waals surface area (Å²) in [7, 11) is 0. The van der Waals surface area contributed by atoms with E-state index in [1.807, 2.05) is 6.07 Å². The number of fused-ring (bicyclic) bond motifs is 1. The van der Waals surface area contributed by atoms with Gasteiger partial charge in [-0.3, -0.25) is 0 Å². The largest absolute Gasteiger partial charge is 0.431 e. The molecule has 3 rings (SSSR count). The van der Waals surface area contributed by atoms with Crippen LogP contribution in [0, 0.1) is 11.9 Å². The lowest BCUT2D eigenvalue weighted by atomic mass is 9.82. The zero-order valence-electron chi connectivity index (χ0n) is 10.2. The minimum atomic E-state index is -0.546. The zero-order chi connectivity index (χ0) is 12.7. The Balaban J connectivity index is 2.16. The Morgan fingerprint density at radius 3 is 3.06 bits per heavy atom. The first-order valence-electron chi connectivity index (χ1n) is 6.25. The van der Waals surface area contributed by atoms with Crippen LogP contribution in [0.25, 0.3) is 11.0 Å². The van der Waals surface area contributed by atoms with Crippen molar-refractivity contribution < 1.29 is 8.81 Å². The summed E-state index contributed by atoms with van der Waals surface area (Å²) in [6.07, 6.45) is 1.00. The highest BCUT2D eigenvalue weighted by Crippen LogP contribution is 2.39. The summed E-state index contributed by atoms with van der Waals surface area (Å²) >= 11 is 6.31. The van der Waals surface area contributed by atoms with Gasteiger partial charge in [-0.2, -0.15) is 4.39 Å². The lowest BCUT2D eigenvalue weighted by Crippen LogP contribution is -2.33. The molecule has 0 saturated carbocycles. The molecule has 1 N–H and O–H groups in total. The maximum Gasteiger partial charge on any atom is 0.278 e. The van der Waals surface area contributed by atoms with Gasteiger partial charge in [-0.15, -0.1) is 0 Å². The Labute approximate surface area is 110 Å². The maximum absolute atomic E-state index is 13.3. The van der Waals surface area contributed by atoms with Gasteiger partial charge in [-0.1, -0.05) is 18.5 Å². The maximum atomic E-state index is 13.3. The van der Waals surface area contributed by atoms with Gasteiger partial charge in [-0.25, -0.2) is 0 Å². The molecule has 0 aliphatic carbocycles. The van der Waals surface area contributed by atoms with E-state index in [-0.39, 0.29) is 0 Å². The van der Waals surface area contributed by atoms with E-state index in [0.29, 0.717) is 22.4 Å². The molecule has 1 fully saturated rings. The quantitative estimate of drug-likeness (QED) is 0.847. The Morgan fingerprint density at radius 2 is 2.28 bits per heavy atom. The Kier molecular flexibility index (Phi) is 3.04. The lowest BCUT2D eigenvalue weighted by molar-refractivity contribution is 0.342. The predicted molar refractivity (Wildman–Crippen MR) is 70.6 cm³/mol. The Morgan fingerprint density at radius 1 is 1.44 bits per heavy atom. The fraction of sp³-hybridized carbons (Fsp3) is 0.429. The van der Waals surface area contributed by atoms with Gasteiger partial charge in [0, 0.05) is 22.0 Å². The van der Waals surface area contributed by atoms with Crippen LogP contribution in [0.15, 0.2) is 22.6 Å². The summed E-state index contributed by atoms with van der Waals surface area (Å²) in [4.78, 5) is 0. The number of benzene rings is 1. The SMILES string of the molecule is CC1CNCCC1c1c(Cl)ccc2cc(F)oc12. The minimum Gasteiger partial charge on any atom is -0.431 e. The van der Waals surface area contributed by atoms with Crippen LogP contribution in [0.3, 0.4) is 0 Å². The zero-order valence-corrected chi connectivity index (χ0v) is 10.9. The number of nitrogens with one attached hydrogen (secondary N) is 1. The first-order chi connectivity index (χ1) is 8.66. The summed E-state index contributed by atoms with van der Waals surface area (Å²) in [6.45, 7) is 4.11. The number of rotatable bonds is 1. The molecule has 2 unspecified atom stereocenters. The van der Waals surface area contributed by atoms with Gasteiger partial charge in [0.25, 0.3) is 6.01 Å². The van der Waals surface area contributed by atoms with Crippen LogP contribution >= 0.6 is 11.6 Å². The van der Waals surface area contributed by atoms with Gasteiger partial charge >= 0.3 is 0 Å². The van der Waals surface area contributed by atoms with Crippen molar-refractivity contribution in [3.8, 4) is 0 Å². The summed E-state index contributed by atoms with van der Waals surface area (Å²) in [6, 6.07) is 4.51. The molecule has 0 amide bonds. The molecule has 1 aromatic carbocycles. The van der Waals surface area contributed by atoms with Crippen LogP contribution < -0.4 is 5.32 Å². The van der Waals surface area contributed by atoms with E-state index in [2.05, 4.69) is 12.2 Å². The molecule has 1 aliphatic rings. The van der Waals surface area contributed by atoms with E-state index in [1.54, 1.807) is 6.07 Å². The molecule has 18 heavy (non-hydrogen) atoms. The molecule has 0 bridgehead atoms. The average molecular weight is 268 g/mol. The molecule has 1 aliphatic heterocycles. The van der Waals surface area contributed by atoms with Crippen molar-refractivity contribution >= 4 is 22.6 Å². The molecule has 0 spiro atoms. The van der Waals surface area contributed by atoms with E-state index in [4.69, 9.17) is 16.0 Å². The number of hydrogen-bond acceptors (Lipinski definition) is 2. The van der Waals surface area contributed by atoms with E-state index in [9.17, 15) is 4.39 Å². The number of piperidine rings is 1. The van der Waals surface area contributed by atoms with Crippen LogP contribution in [0.5, 0.6) is 0 Å². The third-order valence-corrected chi connectivity index (χ3v) is 4.13. The molecule has 2 aromatic rings. The Bertz CT molecular complexity index is 580. The minimum absolute atomic E-state index is 0.327. The van der Waals surface area contributed by atoms with Crippen molar-refractivity contribution in [2.75, 3.05) is 13.1 Å². The third-order valence-electron chi connectivity index (χ3n) is 3.80. The summed E-state index contributed by atoms with van der Waals surface area (Å²) < 4.78 is 18.5. The fourth-order valence-corrected chi connectivity index (χ4v) is 3.15. The summed E-state index contributed by atoms with van der Waals surface area (Å²) in [5, 5.41) is 4.83. The smallest absolute Gasteiger partial charge is 0.278 e. The molecule has 2 heterocycles. The first-order valence-corrected chi connectivity index (χ1v) is 6.63. The van der Waals surface area contributed by atoms with E-state index >= 15 is 0 Å². The molecule has 4 heteroatoms. The molecule has 2 nitrogen and oxygen atoms in total. The van der Waals surface area contributed by atoms with Crippen molar-refractivity contribution in [3.05, 3.63) is 34.8 Å². The van der Waals surface area contributed by atoms with E-state index in [1.165, 1.54) is 6.07 Å². The highest BCUT2D eigenvalue weighted by Gasteiger charge is 2.27. The van der Waals surface area contributed by atoms with E-state index in [0.717, 1.165) is 30.5 Å². The molecular weight excluding hydrogens is 253 g/mol. The van der Waals surface area contributed by atoms with Crippen molar-refractivity contribution in [2.45, 2.75) is 19.3 Å². The Hall–Kier alpha value is -1.06. The van der Waals surface area contributed by atoms with Crippen LogP contribution in [-0.4, -0.2) is 13.1 Å². The van der Waals surface area contributed by atoms with Gasteiger partial charge in [0.2, 0.25) is 0 Å². The van der Waals surface area contributed by atoms with Crippen molar-refractivity contribution in [1.82, 2.24) is 5.32 Å². The van der Waals surface area contributed by atoms with Gasteiger partial charge in [0.1, 0.15) is 5.58 Å². The van der Waals surface area contributed by atoms with Crippen LogP contribution in [0.4, 0.5) is 4.39 Å². The van der Waals surface area contributed by atoms with Crippen LogP contribution in [0.2, 0.25) is 5.02 Å². The predicted octanol–water partition coefficient (Wildman–Crippen LogP) is 3.94. The molecule has 1 saturated heterocycles. The fourth-order valence-electron chi connectivity index (χ4n) is 2.86. The lowest BCUT2D eigenvalue weighted by Gasteiger charge is -2.30. The highest BCUT2D eigenvalue weighted by molar-refractivity contribution is 6.32. The van der Waals surface area contributed by atoms with Gasteiger partial charge in [0.05, 0.1) is 0 Å². The summed E-state index contributed by atoms with van der Waals surface area (Å²) in [5.41, 5.74) is 1.57. The van der Waals surface area contributed by atoms with Gasteiger partial charge < -0.3 is 9.73 Å². The number of furan rings is 1. The average Bonchev–Trinajstić information content (AvgIpc) is 2.71. The number of hydrogen-bond donors (Lipinski definition) is 1. The molecule has 1 aromatic heterocycles. The van der Waals surface area contributed by atoms with Crippen LogP contribution in [-0.2, 0) is 0 Å². The van der Waals surface area contributed by atoms with E-state index < -0.39 is 6.01 Å². The monoisotopic (exact) mass is 267 g/mol. The standard InChI is InChI=1S/C14H15ClFNO/c1-8-7-17-5-4-10(8)13-11(15)3-2-9-6-12(16)18-14(9)13/h2-3,6,8,10,17H,4-5,7H2,1H3. The topological polar surface area (TPSA) is 25.2 Å². The molecular formula is C14H15ClFNO. The van der Waals surface area contributed by atoms with Gasteiger partial charge in [0.15, 0.2) is 0 Å². The van der Waals surface area contributed by atoms with Crippen LogP contribution in [0.1, 0.15) is 24.8 Å². The second kappa shape index (κ2) is 4.56. The molecule has 2 atom stereocenters. The summed E-state index contributed by atoms with van der Waals surface area (Å²) in [5.74, 6) is 0.794. The highest BCUT2D eigenvalue weighted by atomic mass is 35.5. The van der Waals surface area contributed by atoms with Crippen molar-refractivity contribution in [2.24, 2.45) is 5.92 Å². The normalized spacial score (nSPS) is 24.6. The van der Waals surface area contributed by atoms with Gasteiger partial charge in [-0.05, 0) is 43.5 Å². The number of halogens is 2. The first kappa shape index (κ1) is 12.0. The molecule has 0 radical (unpaired) electrons. The third kappa shape index (κ3) is 1.91. The second-order valence-electron chi connectivity index (χ2n) is 5.01.